The first-order valence-electron chi connectivity index (χ1n) is 9.31. The Morgan fingerprint density at radius 1 is 1.09 bits per heavy atom. The summed E-state index contributed by atoms with van der Waals surface area (Å²) in [5.41, 5.74) is -0.404. The molecule has 2 saturated heterocycles. The van der Waals surface area contributed by atoms with Crippen LogP contribution in [0.5, 0.6) is 0 Å². The lowest BCUT2D eigenvalue weighted by Gasteiger charge is -2.35. The van der Waals surface area contributed by atoms with Crippen LogP contribution < -0.4 is 5.32 Å². The van der Waals surface area contributed by atoms with E-state index in [1.165, 1.54) is 25.8 Å². The van der Waals surface area contributed by atoms with Gasteiger partial charge in [-0.15, -0.1) is 0 Å². The average Bonchev–Trinajstić information content (AvgIpc) is 3.22. The van der Waals surface area contributed by atoms with Crippen molar-refractivity contribution in [1.29, 1.82) is 0 Å². The minimum Gasteiger partial charge on any atom is -0.444 e. The van der Waals surface area contributed by atoms with E-state index in [1.807, 2.05) is 25.7 Å². The van der Waals surface area contributed by atoms with Crippen molar-refractivity contribution in [2.75, 3.05) is 19.6 Å². The Kier molecular flexibility index (Phi) is 4.88. The molecule has 1 saturated carbocycles. The Balaban J connectivity index is 1.40. The van der Waals surface area contributed by atoms with Crippen molar-refractivity contribution in [2.45, 2.75) is 89.6 Å². The second kappa shape index (κ2) is 6.60. The Morgan fingerprint density at radius 2 is 1.74 bits per heavy atom. The van der Waals surface area contributed by atoms with Crippen LogP contribution in [0.1, 0.15) is 59.8 Å². The SMILES string of the molecule is CC1CC(NC2CCN(C(=O)OC(C)(C)C)CC2)CN1C1CC1. The van der Waals surface area contributed by atoms with Crippen LogP contribution in [0, 0.1) is 0 Å². The Labute approximate surface area is 140 Å². The van der Waals surface area contributed by atoms with E-state index in [9.17, 15) is 4.79 Å². The zero-order valence-corrected chi connectivity index (χ0v) is 15.2. The Hall–Kier alpha value is -0.810. The molecule has 3 aliphatic rings. The number of carbonyl (C=O) groups excluding carboxylic acids is 1. The Morgan fingerprint density at radius 3 is 2.30 bits per heavy atom. The van der Waals surface area contributed by atoms with Crippen LogP contribution in [0.4, 0.5) is 4.79 Å². The van der Waals surface area contributed by atoms with Crippen molar-refractivity contribution in [3.05, 3.63) is 0 Å². The number of likely N-dealkylation sites (tertiary alicyclic amines) is 2. The van der Waals surface area contributed by atoms with E-state index in [0.29, 0.717) is 12.1 Å². The van der Waals surface area contributed by atoms with Gasteiger partial charge in [0.2, 0.25) is 0 Å². The summed E-state index contributed by atoms with van der Waals surface area (Å²) in [5.74, 6) is 0. The van der Waals surface area contributed by atoms with Crippen LogP contribution in [0.25, 0.3) is 0 Å². The summed E-state index contributed by atoms with van der Waals surface area (Å²) < 4.78 is 5.47. The van der Waals surface area contributed by atoms with Crippen molar-refractivity contribution >= 4 is 6.09 Å². The summed E-state index contributed by atoms with van der Waals surface area (Å²) >= 11 is 0. The molecule has 23 heavy (non-hydrogen) atoms. The molecule has 0 aromatic carbocycles. The molecule has 1 amide bonds. The number of rotatable bonds is 3. The third kappa shape index (κ3) is 4.60. The third-order valence-corrected chi connectivity index (χ3v) is 5.26. The minimum absolute atomic E-state index is 0.162. The molecule has 0 bridgehead atoms. The fourth-order valence-corrected chi connectivity index (χ4v) is 3.98. The first-order chi connectivity index (χ1) is 10.8. The molecule has 0 spiro atoms. The molecule has 2 unspecified atom stereocenters. The lowest BCUT2D eigenvalue weighted by atomic mass is 10.0. The molecule has 0 aromatic rings. The maximum absolute atomic E-state index is 12.1. The first-order valence-corrected chi connectivity index (χ1v) is 9.31. The lowest BCUT2D eigenvalue weighted by Crippen LogP contribution is -2.49. The van der Waals surface area contributed by atoms with Crippen LogP contribution in [-0.4, -0.2) is 65.3 Å². The van der Waals surface area contributed by atoms with Crippen LogP contribution in [-0.2, 0) is 4.74 Å². The van der Waals surface area contributed by atoms with Gasteiger partial charge in [0.1, 0.15) is 5.60 Å². The molecule has 0 radical (unpaired) electrons. The molecule has 132 valence electrons. The average molecular weight is 323 g/mol. The minimum atomic E-state index is -0.404. The molecular weight excluding hydrogens is 290 g/mol. The van der Waals surface area contributed by atoms with Gasteiger partial charge in [0.25, 0.3) is 0 Å². The molecule has 2 aliphatic heterocycles. The molecule has 3 rings (SSSR count). The van der Waals surface area contributed by atoms with Crippen LogP contribution >= 0.6 is 0 Å². The number of carbonyl (C=O) groups is 1. The van der Waals surface area contributed by atoms with Gasteiger partial charge in [-0.1, -0.05) is 0 Å². The van der Waals surface area contributed by atoms with Gasteiger partial charge in [-0.05, 0) is 59.8 Å². The van der Waals surface area contributed by atoms with Gasteiger partial charge in [0.15, 0.2) is 0 Å². The zero-order chi connectivity index (χ0) is 16.6. The molecule has 2 atom stereocenters. The number of hydrogen-bond donors (Lipinski definition) is 1. The molecule has 0 aromatic heterocycles. The maximum atomic E-state index is 12.1. The summed E-state index contributed by atoms with van der Waals surface area (Å²) in [5, 5.41) is 3.85. The van der Waals surface area contributed by atoms with Gasteiger partial charge in [-0.2, -0.15) is 0 Å². The van der Waals surface area contributed by atoms with Crippen LogP contribution in [0.3, 0.4) is 0 Å². The van der Waals surface area contributed by atoms with Gasteiger partial charge in [-0.3, -0.25) is 4.90 Å². The first kappa shape index (κ1) is 17.0. The summed E-state index contributed by atoms with van der Waals surface area (Å²) in [6, 6.07) is 2.77. The van der Waals surface area contributed by atoms with Gasteiger partial charge in [-0.25, -0.2) is 4.79 Å². The second-order valence-corrected chi connectivity index (χ2v) is 8.62. The van der Waals surface area contributed by atoms with E-state index in [2.05, 4.69) is 17.1 Å². The maximum Gasteiger partial charge on any atom is 0.410 e. The topological polar surface area (TPSA) is 44.8 Å². The summed E-state index contributed by atoms with van der Waals surface area (Å²) in [6.07, 6.45) is 5.96. The fourth-order valence-electron chi connectivity index (χ4n) is 3.98. The van der Waals surface area contributed by atoms with Gasteiger partial charge in [0, 0.05) is 43.8 Å². The molecule has 1 N–H and O–H groups in total. The number of ether oxygens (including phenoxy) is 1. The van der Waals surface area contributed by atoms with Crippen molar-refractivity contribution in [3.63, 3.8) is 0 Å². The fraction of sp³-hybridized carbons (Fsp3) is 0.944. The van der Waals surface area contributed by atoms with Gasteiger partial charge < -0.3 is 15.0 Å². The number of amides is 1. The van der Waals surface area contributed by atoms with Gasteiger partial charge in [0.05, 0.1) is 0 Å². The molecule has 5 heteroatoms. The van der Waals surface area contributed by atoms with Crippen LogP contribution in [0.15, 0.2) is 0 Å². The van der Waals surface area contributed by atoms with E-state index >= 15 is 0 Å². The predicted octanol–water partition coefficient (Wildman–Crippen LogP) is 2.60. The number of nitrogens with one attached hydrogen (secondary N) is 1. The van der Waals surface area contributed by atoms with E-state index in [4.69, 9.17) is 4.74 Å². The number of hydrogen-bond acceptors (Lipinski definition) is 4. The largest absolute Gasteiger partial charge is 0.444 e. The predicted molar refractivity (Wildman–Crippen MR) is 91.6 cm³/mol. The van der Waals surface area contributed by atoms with E-state index in [-0.39, 0.29) is 6.09 Å². The smallest absolute Gasteiger partial charge is 0.410 e. The van der Waals surface area contributed by atoms with Crippen molar-refractivity contribution in [3.8, 4) is 0 Å². The lowest BCUT2D eigenvalue weighted by molar-refractivity contribution is 0.0196. The number of piperidine rings is 1. The molecular formula is C18H33N3O2. The number of nitrogens with zero attached hydrogens (tertiary/aromatic N) is 2. The standard InChI is InChI=1S/C18H33N3O2/c1-13-11-15(12-21(13)16-5-6-16)19-14-7-9-20(10-8-14)17(22)23-18(2,3)4/h13-16,19H,5-12H2,1-4H3. The van der Waals surface area contributed by atoms with Crippen molar-refractivity contribution < 1.29 is 9.53 Å². The Bertz CT molecular complexity index is 422. The molecule has 3 fully saturated rings. The summed E-state index contributed by atoms with van der Waals surface area (Å²) in [6.45, 7) is 11.0. The molecule has 2 heterocycles. The van der Waals surface area contributed by atoms with Crippen LogP contribution in [0.2, 0.25) is 0 Å². The highest BCUT2D eigenvalue weighted by atomic mass is 16.6. The van der Waals surface area contributed by atoms with E-state index in [1.54, 1.807) is 0 Å². The van der Waals surface area contributed by atoms with E-state index in [0.717, 1.165) is 38.0 Å². The van der Waals surface area contributed by atoms with Crippen molar-refractivity contribution in [1.82, 2.24) is 15.1 Å². The highest BCUT2D eigenvalue weighted by Gasteiger charge is 2.39. The van der Waals surface area contributed by atoms with E-state index < -0.39 is 5.60 Å². The molecule has 1 aliphatic carbocycles. The monoisotopic (exact) mass is 323 g/mol. The molecule has 5 nitrogen and oxygen atoms in total. The normalized spacial score (nSPS) is 30.7. The van der Waals surface area contributed by atoms with Gasteiger partial charge >= 0.3 is 6.09 Å². The second-order valence-electron chi connectivity index (χ2n) is 8.62. The zero-order valence-electron chi connectivity index (χ0n) is 15.2. The summed E-state index contributed by atoms with van der Waals surface area (Å²) in [4.78, 5) is 16.7. The quantitative estimate of drug-likeness (QED) is 0.867. The highest BCUT2D eigenvalue weighted by Crippen LogP contribution is 2.33. The van der Waals surface area contributed by atoms with Crippen molar-refractivity contribution in [2.24, 2.45) is 0 Å². The summed E-state index contributed by atoms with van der Waals surface area (Å²) in [7, 11) is 0. The third-order valence-electron chi connectivity index (χ3n) is 5.26. The highest BCUT2D eigenvalue weighted by molar-refractivity contribution is 5.68.